The van der Waals surface area contributed by atoms with Crippen LogP contribution in [0.15, 0.2) is 24.3 Å². The van der Waals surface area contributed by atoms with Gasteiger partial charge in [0, 0.05) is 6.42 Å². The summed E-state index contributed by atoms with van der Waals surface area (Å²) in [6.45, 7) is 4.88. The van der Waals surface area contributed by atoms with Gasteiger partial charge in [0.1, 0.15) is 13.2 Å². The van der Waals surface area contributed by atoms with Crippen LogP contribution in [0.4, 0.5) is 0 Å². The number of amides is 1. The number of rotatable bonds is 52. The third kappa shape index (κ3) is 50.7. The summed E-state index contributed by atoms with van der Waals surface area (Å²) < 4.78 is 23.7. The molecular formula is C56H112N2O6P+. The van der Waals surface area contributed by atoms with Gasteiger partial charge in [0.15, 0.2) is 0 Å². The highest BCUT2D eigenvalue weighted by atomic mass is 31.2. The average molecular weight is 940 g/mol. The minimum atomic E-state index is -4.31. The monoisotopic (exact) mass is 940 g/mol. The van der Waals surface area contributed by atoms with Crippen molar-refractivity contribution >= 4 is 13.7 Å². The number of nitrogens with one attached hydrogen (secondary N) is 1. The molecule has 0 rings (SSSR count). The van der Waals surface area contributed by atoms with Gasteiger partial charge in [-0.2, -0.15) is 0 Å². The second kappa shape index (κ2) is 48.0. The van der Waals surface area contributed by atoms with Gasteiger partial charge in [-0.25, -0.2) is 4.57 Å². The highest BCUT2D eigenvalue weighted by Gasteiger charge is 2.28. The maximum absolute atomic E-state index is 12.9. The molecule has 65 heavy (non-hydrogen) atoms. The van der Waals surface area contributed by atoms with Crippen LogP contribution in [0, 0.1) is 0 Å². The van der Waals surface area contributed by atoms with E-state index in [9.17, 15) is 19.4 Å². The smallest absolute Gasteiger partial charge is 0.391 e. The maximum Gasteiger partial charge on any atom is 0.472 e. The quantitative estimate of drug-likeness (QED) is 0.0243. The van der Waals surface area contributed by atoms with Crippen molar-refractivity contribution in [3.63, 3.8) is 0 Å². The minimum absolute atomic E-state index is 0.0768. The summed E-state index contributed by atoms with van der Waals surface area (Å²) in [6, 6.07) is -0.755. The molecule has 0 fully saturated rings. The van der Waals surface area contributed by atoms with Crippen molar-refractivity contribution < 1.29 is 32.9 Å². The lowest BCUT2D eigenvalue weighted by molar-refractivity contribution is -0.870. The number of carbonyl (C=O) groups excluding carboxylic acids is 1. The minimum Gasteiger partial charge on any atom is -0.391 e. The molecule has 0 aromatic heterocycles. The predicted octanol–water partition coefficient (Wildman–Crippen LogP) is 16.8. The topological polar surface area (TPSA) is 105 Å². The average Bonchev–Trinajstić information content (AvgIpc) is 3.26. The standard InChI is InChI=1S/C56H111N2O6P/c1-6-8-10-12-14-16-18-19-20-21-22-23-24-25-26-27-28-29-30-31-32-33-34-35-36-37-38-39-40-42-44-46-48-50-56(60)57-54(53-64-65(61,62)63-52-51-58(3,4)5)55(59)49-47-45-43-41-17-15-13-11-9-7-2/h18-19,21-22,54-55,59H,6-17,20,23-53H2,1-5H3,(H-,57,60,61,62)/p+1/b19-18-,22-21-. The van der Waals surface area contributed by atoms with Gasteiger partial charge in [0.25, 0.3) is 0 Å². The predicted molar refractivity (Wildman–Crippen MR) is 281 cm³/mol. The van der Waals surface area contributed by atoms with Gasteiger partial charge in [-0.3, -0.25) is 13.8 Å². The molecule has 0 spiro atoms. The van der Waals surface area contributed by atoms with Crippen LogP contribution >= 0.6 is 7.82 Å². The normalized spacial score (nSPS) is 14.1. The molecule has 0 aliphatic carbocycles. The van der Waals surface area contributed by atoms with Crippen molar-refractivity contribution in [1.82, 2.24) is 5.32 Å². The number of hydrogen-bond acceptors (Lipinski definition) is 5. The fourth-order valence-electron chi connectivity index (χ4n) is 8.49. The van der Waals surface area contributed by atoms with Crippen LogP contribution in [0.25, 0.3) is 0 Å². The van der Waals surface area contributed by atoms with E-state index in [0.717, 1.165) is 44.9 Å². The largest absolute Gasteiger partial charge is 0.472 e. The molecule has 0 saturated heterocycles. The summed E-state index contributed by atoms with van der Waals surface area (Å²) in [4.78, 5) is 23.2. The highest BCUT2D eigenvalue weighted by Crippen LogP contribution is 2.43. The Kier molecular flexibility index (Phi) is 47.3. The van der Waals surface area contributed by atoms with E-state index in [4.69, 9.17) is 9.05 Å². The molecule has 0 aliphatic rings. The van der Waals surface area contributed by atoms with Gasteiger partial charge in [-0.15, -0.1) is 0 Å². The SMILES string of the molecule is CCCCCCC/C=C\C/C=C\CCCCCCCCCCCCCCCCCCCCCCCC(=O)NC(COP(=O)(O)OCC[N+](C)(C)C)C(O)CCCCCCCCCCCC. The molecule has 0 aromatic carbocycles. The molecule has 8 nitrogen and oxygen atoms in total. The molecule has 0 bridgehead atoms. The van der Waals surface area contributed by atoms with Gasteiger partial charge in [-0.05, 0) is 44.9 Å². The van der Waals surface area contributed by atoms with Crippen molar-refractivity contribution in [2.75, 3.05) is 40.9 Å². The maximum atomic E-state index is 12.9. The molecule has 0 aromatic rings. The Bertz CT molecular complexity index is 1110. The van der Waals surface area contributed by atoms with E-state index in [1.165, 1.54) is 205 Å². The Labute approximate surface area is 404 Å². The van der Waals surface area contributed by atoms with Crippen LogP contribution < -0.4 is 5.32 Å². The fraction of sp³-hybridized carbons (Fsp3) is 0.911. The Hall–Kier alpha value is -1.02. The number of phosphoric ester groups is 1. The first-order valence-corrected chi connectivity index (χ1v) is 29.7. The van der Waals surface area contributed by atoms with Crippen LogP contribution in [-0.4, -0.2) is 73.4 Å². The number of likely N-dealkylation sites (N-methyl/N-ethyl adjacent to an activating group) is 1. The van der Waals surface area contributed by atoms with Crippen molar-refractivity contribution in [3.8, 4) is 0 Å². The van der Waals surface area contributed by atoms with Crippen LogP contribution in [0.5, 0.6) is 0 Å². The number of unbranched alkanes of at least 4 members (excludes halogenated alkanes) is 35. The number of phosphoric acid groups is 1. The number of quaternary nitrogens is 1. The van der Waals surface area contributed by atoms with Crippen LogP contribution in [0.1, 0.15) is 277 Å². The first kappa shape index (κ1) is 64.0. The third-order valence-corrected chi connectivity index (χ3v) is 13.9. The Morgan fingerprint density at radius 1 is 0.523 bits per heavy atom. The number of nitrogens with zero attached hydrogens (tertiary/aromatic N) is 1. The number of hydrogen-bond donors (Lipinski definition) is 3. The summed E-state index contributed by atoms with van der Waals surface area (Å²) >= 11 is 0. The van der Waals surface area contributed by atoms with E-state index in [2.05, 4.69) is 43.5 Å². The Morgan fingerprint density at radius 3 is 1.26 bits per heavy atom. The molecule has 386 valence electrons. The second-order valence-electron chi connectivity index (χ2n) is 20.7. The number of aliphatic hydroxyl groups is 1. The van der Waals surface area contributed by atoms with Crippen LogP contribution in [0.2, 0.25) is 0 Å². The third-order valence-electron chi connectivity index (χ3n) is 13.0. The van der Waals surface area contributed by atoms with E-state index < -0.39 is 20.0 Å². The van der Waals surface area contributed by atoms with Crippen molar-refractivity contribution in [3.05, 3.63) is 24.3 Å². The molecule has 9 heteroatoms. The lowest BCUT2D eigenvalue weighted by atomic mass is 10.0. The van der Waals surface area contributed by atoms with E-state index in [1.54, 1.807) is 0 Å². The first-order valence-electron chi connectivity index (χ1n) is 28.2. The molecule has 3 N–H and O–H groups in total. The zero-order valence-electron chi connectivity index (χ0n) is 44.0. The molecule has 3 unspecified atom stereocenters. The Balaban J connectivity index is 3.90. The van der Waals surface area contributed by atoms with E-state index in [-0.39, 0.29) is 19.1 Å². The van der Waals surface area contributed by atoms with Crippen molar-refractivity contribution in [1.29, 1.82) is 0 Å². The summed E-state index contributed by atoms with van der Waals surface area (Å²) in [7, 11) is 1.63. The van der Waals surface area contributed by atoms with Crippen LogP contribution in [0.3, 0.4) is 0 Å². The van der Waals surface area contributed by atoms with Crippen LogP contribution in [-0.2, 0) is 18.4 Å². The van der Waals surface area contributed by atoms with Gasteiger partial charge in [-0.1, -0.05) is 250 Å². The van der Waals surface area contributed by atoms with E-state index in [0.29, 0.717) is 23.9 Å². The zero-order chi connectivity index (χ0) is 47.8. The number of allylic oxidation sites excluding steroid dienone is 4. The lowest BCUT2D eigenvalue weighted by Gasteiger charge is -2.26. The summed E-state index contributed by atoms with van der Waals surface area (Å²) in [5, 5.41) is 14.0. The van der Waals surface area contributed by atoms with Gasteiger partial charge in [0.2, 0.25) is 5.91 Å². The zero-order valence-corrected chi connectivity index (χ0v) is 44.9. The lowest BCUT2D eigenvalue weighted by Crippen LogP contribution is -2.46. The fourth-order valence-corrected chi connectivity index (χ4v) is 9.23. The van der Waals surface area contributed by atoms with Gasteiger partial charge >= 0.3 is 7.82 Å². The number of carbonyl (C=O) groups is 1. The van der Waals surface area contributed by atoms with Crippen molar-refractivity contribution in [2.24, 2.45) is 0 Å². The highest BCUT2D eigenvalue weighted by molar-refractivity contribution is 7.47. The number of aliphatic hydroxyl groups excluding tert-OH is 1. The summed E-state index contributed by atoms with van der Waals surface area (Å²) in [6.07, 6.45) is 59.7. The molecule has 1 amide bonds. The molecule has 0 radical (unpaired) electrons. The molecular weight excluding hydrogens is 828 g/mol. The van der Waals surface area contributed by atoms with Gasteiger partial charge in [0.05, 0.1) is 39.9 Å². The van der Waals surface area contributed by atoms with Gasteiger partial charge < -0.3 is 19.8 Å². The molecule has 0 aliphatic heterocycles. The molecule has 3 atom stereocenters. The summed E-state index contributed by atoms with van der Waals surface area (Å²) in [5.41, 5.74) is 0. The van der Waals surface area contributed by atoms with Crippen molar-refractivity contribution in [2.45, 2.75) is 289 Å². The van der Waals surface area contributed by atoms with E-state index >= 15 is 0 Å². The first-order chi connectivity index (χ1) is 31.5. The summed E-state index contributed by atoms with van der Waals surface area (Å²) in [5.74, 6) is -0.141. The molecule has 0 heterocycles. The van der Waals surface area contributed by atoms with E-state index in [1.807, 2.05) is 21.1 Å². The molecule has 0 saturated carbocycles. The Morgan fingerprint density at radius 2 is 0.877 bits per heavy atom. The second-order valence-corrected chi connectivity index (χ2v) is 22.1.